The Morgan fingerprint density at radius 2 is 2.00 bits per heavy atom. The molecule has 3 aromatic rings. The lowest BCUT2D eigenvalue weighted by molar-refractivity contribution is 0.102. The number of nitrogens with one attached hydrogen (secondary N) is 2. The van der Waals surface area contributed by atoms with Crippen LogP contribution in [-0.4, -0.2) is 16.0 Å². The molecular weight excluding hydrogens is 351 g/mol. The first-order chi connectivity index (χ1) is 11.5. The zero-order valence-corrected chi connectivity index (χ0v) is 14.0. The van der Waals surface area contributed by atoms with Crippen LogP contribution in [-0.2, 0) is 0 Å². The molecule has 0 aliphatic rings. The maximum Gasteiger partial charge on any atom is 0.275 e. The van der Waals surface area contributed by atoms with Crippen LogP contribution in [0.5, 0.6) is 0 Å². The van der Waals surface area contributed by atoms with E-state index in [-0.39, 0.29) is 5.69 Å². The smallest absolute Gasteiger partial charge is 0.275 e. The zero-order valence-electron chi connectivity index (χ0n) is 12.5. The average Bonchev–Trinajstić information content (AvgIpc) is 2.96. The van der Waals surface area contributed by atoms with E-state index in [1.807, 2.05) is 0 Å². The molecule has 0 aliphatic carbocycles. The van der Waals surface area contributed by atoms with E-state index >= 15 is 0 Å². The summed E-state index contributed by atoms with van der Waals surface area (Å²) >= 11 is 12.1. The van der Waals surface area contributed by atoms with Crippen LogP contribution < -0.4 is 10.6 Å². The largest absolute Gasteiger partial charge is 0.360 e. The predicted octanol–water partition coefficient (Wildman–Crippen LogP) is 4.68. The van der Waals surface area contributed by atoms with Gasteiger partial charge in [-0.15, -0.1) is 0 Å². The van der Waals surface area contributed by atoms with E-state index < -0.39 is 5.91 Å². The zero-order chi connectivity index (χ0) is 17.1. The van der Waals surface area contributed by atoms with Crippen LogP contribution >= 0.6 is 23.2 Å². The summed E-state index contributed by atoms with van der Waals surface area (Å²) in [6.45, 7) is 1.74. The molecule has 0 unspecified atom stereocenters. The number of halogens is 2. The van der Waals surface area contributed by atoms with Crippen LogP contribution in [0.25, 0.3) is 0 Å². The molecule has 6 nitrogen and oxygen atoms in total. The molecule has 0 atom stereocenters. The van der Waals surface area contributed by atoms with E-state index in [4.69, 9.17) is 27.7 Å². The summed E-state index contributed by atoms with van der Waals surface area (Å²) < 4.78 is 4.90. The van der Waals surface area contributed by atoms with E-state index in [0.717, 1.165) is 0 Å². The monoisotopic (exact) mass is 362 g/mol. The van der Waals surface area contributed by atoms with Crippen molar-refractivity contribution >= 4 is 46.3 Å². The summed E-state index contributed by atoms with van der Waals surface area (Å²) in [5.41, 5.74) is 1.50. The fourth-order valence-corrected chi connectivity index (χ4v) is 2.32. The van der Waals surface area contributed by atoms with E-state index in [1.165, 1.54) is 6.20 Å². The second-order valence-corrected chi connectivity index (χ2v) is 5.80. The Balaban J connectivity index is 1.78. The molecule has 0 bridgehead atoms. The third-order valence-corrected chi connectivity index (χ3v) is 3.63. The maximum absolute atomic E-state index is 12.2. The molecule has 0 saturated carbocycles. The Morgan fingerprint density at radius 3 is 2.75 bits per heavy atom. The number of anilines is 3. The number of nitrogens with zero attached hydrogens (tertiary/aromatic N) is 2. The highest BCUT2D eigenvalue weighted by Crippen LogP contribution is 2.28. The summed E-state index contributed by atoms with van der Waals surface area (Å²) in [7, 11) is 0. The van der Waals surface area contributed by atoms with Crippen molar-refractivity contribution in [3.8, 4) is 0 Å². The summed E-state index contributed by atoms with van der Waals surface area (Å²) in [6.07, 6.45) is 1.52. The first-order valence-electron chi connectivity index (χ1n) is 6.94. The molecule has 1 aromatic carbocycles. The fourth-order valence-electron chi connectivity index (χ4n) is 1.99. The normalized spacial score (nSPS) is 10.5. The van der Waals surface area contributed by atoms with Crippen molar-refractivity contribution in [3.63, 3.8) is 0 Å². The average molecular weight is 363 g/mol. The topological polar surface area (TPSA) is 80.0 Å². The van der Waals surface area contributed by atoms with E-state index in [9.17, 15) is 4.79 Å². The molecule has 8 heteroatoms. The Morgan fingerprint density at radius 1 is 1.17 bits per heavy atom. The van der Waals surface area contributed by atoms with Gasteiger partial charge in [-0.3, -0.25) is 9.78 Å². The maximum atomic E-state index is 12.2. The molecule has 0 radical (unpaired) electrons. The SMILES string of the molecule is Cc1cc(NC(=O)c2cc(Nc3cc(Cl)ccc3Cl)ccn2)no1. The molecule has 3 rings (SSSR count). The number of amides is 1. The number of aromatic nitrogens is 2. The van der Waals surface area contributed by atoms with Crippen LogP contribution in [0.15, 0.2) is 47.1 Å². The molecular formula is C16H12Cl2N4O2. The van der Waals surface area contributed by atoms with Crippen molar-refractivity contribution < 1.29 is 9.32 Å². The third-order valence-electron chi connectivity index (χ3n) is 3.07. The lowest BCUT2D eigenvalue weighted by atomic mass is 10.2. The lowest BCUT2D eigenvalue weighted by Crippen LogP contribution is -2.14. The highest BCUT2D eigenvalue weighted by atomic mass is 35.5. The minimum Gasteiger partial charge on any atom is -0.360 e. The number of benzene rings is 1. The van der Waals surface area contributed by atoms with Gasteiger partial charge in [-0.1, -0.05) is 28.4 Å². The van der Waals surface area contributed by atoms with Crippen molar-refractivity contribution in [3.05, 3.63) is 64.1 Å². The van der Waals surface area contributed by atoms with Crippen LogP contribution in [0.2, 0.25) is 10.0 Å². The number of hydrogen-bond donors (Lipinski definition) is 2. The molecule has 1 amide bonds. The van der Waals surface area contributed by atoms with Crippen LogP contribution in [0, 0.1) is 6.92 Å². The highest BCUT2D eigenvalue weighted by Gasteiger charge is 2.11. The summed E-state index contributed by atoms with van der Waals surface area (Å²) in [6, 6.07) is 10.0. The number of rotatable bonds is 4. The summed E-state index contributed by atoms with van der Waals surface area (Å²) in [4.78, 5) is 16.3. The predicted molar refractivity (Wildman–Crippen MR) is 93.2 cm³/mol. The standard InChI is InChI=1S/C16H12Cl2N4O2/c1-9-6-15(22-24-9)21-16(23)14-8-11(4-5-19-14)20-13-7-10(17)2-3-12(13)18/h2-8H,1H3,(H,19,20)(H,21,22,23). The van der Waals surface area contributed by atoms with Crippen molar-refractivity contribution in [2.45, 2.75) is 6.92 Å². The van der Waals surface area contributed by atoms with Crippen molar-refractivity contribution in [2.24, 2.45) is 0 Å². The molecule has 2 N–H and O–H groups in total. The minimum atomic E-state index is -0.399. The number of carbonyl (C=O) groups excluding carboxylic acids is 1. The summed E-state index contributed by atoms with van der Waals surface area (Å²) in [5.74, 6) is 0.531. The van der Waals surface area contributed by atoms with Crippen molar-refractivity contribution in [1.82, 2.24) is 10.1 Å². The highest BCUT2D eigenvalue weighted by molar-refractivity contribution is 6.35. The molecule has 24 heavy (non-hydrogen) atoms. The van der Waals surface area contributed by atoms with Gasteiger partial charge in [0.2, 0.25) is 0 Å². The molecule has 2 aromatic heterocycles. The Bertz CT molecular complexity index is 895. The van der Waals surface area contributed by atoms with Crippen LogP contribution in [0.1, 0.15) is 16.2 Å². The van der Waals surface area contributed by atoms with Gasteiger partial charge >= 0.3 is 0 Å². The first kappa shape index (κ1) is 16.3. The van der Waals surface area contributed by atoms with Gasteiger partial charge in [-0.25, -0.2) is 0 Å². The molecule has 2 heterocycles. The van der Waals surface area contributed by atoms with E-state index in [2.05, 4.69) is 20.8 Å². The molecule has 122 valence electrons. The van der Waals surface area contributed by atoms with E-state index in [0.29, 0.717) is 33.0 Å². The number of hydrogen-bond acceptors (Lipinski definition) is 5. The Labute approximate surface area is 147 Å². The van der Waals surface area contributed by atoms with Crippen molar-refractivity contribution in [1.29, 1.82) is 0 Å². The molecule has 0 saturated heterocycles. The Hall–Kier alpha value is -2.57. The van der Waals surface area contributed by atoms with Crippen LogP contribution in [0.4, 0.5) is 17.2 Å². The second-order valence-electron chi connectivity index (χ2n) is 4.96. The summed E-state index contributed by atoms with van der Waals surface area (Å²) in [5, 5.41) is 10.5. The van der Waals surface area contributed by atoms with Gasteiger partial charge in [0.1, 0.15) is 11.5 Å². The van der Waals surface area contributed by atoms with Crippen molar-refractivity contribution in [2.75, 3.05) is 10.6 Å². The minimum absolute atomic E-state index is 0.221. The number of carbonyl (C=O) groups is 1. The lowest BCUT2D eigenvalue weighted by Gasteiger charge is -2.09. The van der Waals surface area contributed by atoms with Gasteiger partial charge in [0.15, 0.2) is 5.82 Å². The number of pyridine rings is 1. The quantitative estimate of drug-likeness (QED) is 0.704. The van der Waals surface area contributed by atoms with Gasteiger partial charge in [-0.05, 0) is 37.3 Å². The van der Waals surface area contributed by atoms with Gasteiger partial charge in [0, 0.05) is 23.0 Å². The second kappa shape index (κ2) is 6.90. The van der Waals surface area contributed by atoms with Gasteiger partial charge < -0.3 is 15.2 Å². The fraction of sp³-hybridized carbons (Fsp3) is 0.0625. The van der Waals surface area contributed by atoms with Crippen LogP contribution in [0.3, 0.4) is 0 Å². The molecule has 0 spiro atoms. The van der Waals surface area contributed by atoms with Gasteiger partial charge in [-0.2, -0.15) is 0 Å². The molecule has 0 aliphatic heterocycles. The molecule has 0 fully saturated rings. The third kappa shape index (κ3) is 3.84. The van der Waals surface area contributed by atoms with E-state index in [1.54, 1.807) is 43.3 Å². The number of aryl methyl sites for hydroxylation is 1. The van der Waals surface area contributed by atoms with Gasteiger partial charge in [0.25, 0.3) is 5.91 Å². The van der Waals surface area contributed by atoms with Gasteiger partial charge in [0.05, 0.1) is 10.7 Å². The first-order valence-corrected chi connectivity index (χ1v) is 7.69. The Kier molecular flexibility index (Phi) is 4.69.